The lowest BCUT2D eigenvalue weighted by atomic mass is 9.85. The van der Waals surface area contributed by atoms with Gasteiger partial charge in [0.25, 0.3) is 0 Å². The summed E-state index contributed by atoms with van der Waals surface area (Å²) >= 11 is 0. The molecule has 0 bridgehead atoms. The van der Waals surface area contributed by atoms with Crippen molar-refractivity contribution in [3.8, 4) is 5.75 Å². The van der Waals surface area contributed by atoms with Gasteiger partial charge in [0.05, 0.1) is 0 Å². The van der Waals surface area contributed by atoms with E-state index in [1.54, 1.807) is 0 Å². The number of hydrogen-bond donors (Lipinski definition) is 1. The molecule has 0 amide bonds. The lowest BCUT2D eigenvalue weighted by Gasteiger charge is -2.21. The molecule has 88 valence electrons. The molecule has 0 atom stereocenters. The fourth-order valence-corrected chi connectivity index (χ4v) is 2.67. The van der Waals surface area contributed by atoms with E-state index in [1.165, 1.54) is 50.5 Å². The van der Waals surface area contributed by atoms with Crippen LogP contribution in [0.15, 0.2) is 24.3 Å². The molecule has 2 heteroatoms. The van der Waals surface area contributed by atoms with Gasteiger partial charge in [-0.25, -0.2) is 5.26 Å². The fraction of sp³-hybridized carbons (Fsp3) is 0.571. The Balaban J connectivity index is 2.13. The second-order valence-electron chi connectivity index (χ2n) is 4.67. The van der Waals surface area contributed by atoms with Crippen molar-refractivity contribution in [3.05, 3.63) is 29.8 Å². The lowest BCUT2D eigenvalue weighted by Crippen LogP contribution is -2.04. The van der Waals surface area contributed by atoms with Gasteiger partial charge in [-0.2, -0.15) is 0 Å². The van der Waals surface area contributed by atoms with E-state index in [0.717, 1.165) is 0 Å². The molecule has 0 aromatic heterocycles. The summed E-state index contributed by atoms with van der Waals surface area (Å²) in [7, 11) is 0. The summed E-state index contributed by atoms with van der Waals surface area (Å²) in [6.07, 6.45) is 9.11. The molecule has 1 saturated carbocycles. The average Bonchev–Trinajstić information content (AvgIpc) is 2.29. The molecule has 0 radical (unpaired) electrons. The molecule has 1 aliphatic carbocycles. The zero-order valence-electron chi connectivity index (χ0n) is 9.69. The molecule has 0 spiro atoms. The lowest BCUT2D eigenvalue weighted by molar-refractivity contribution is -0.138. The van der Waals surface area contributed by atoms with Crippen molar-refractivity contribution in [2.75, 3.05) is 0 Å². The molecule has 1 fully saturated rings. The van der Waals surface area contributed by atoms with Crippen LogP contribution < -0.4 is 4.89 Å². The third-order valence-electron chi connectivity index (χ3n) is 3.56. The predicted octanol–water partition coefficient (Wildman–Crippen LogP) is 4.37. The van der Waals surface area contributed by atoms with Gasteiger partial charge in [0.2, 0.25) is 0 Å². The minimum absolute atomic E-state index is 0.559. The van der Waals surface area contributed by atoms with Crippen LogP contribution in [0.2, 0.25) is 0 Å². The van der Waals surface area contributed by atoms with E-state index >= 15 is 0 Å². The Kier molecular flexibility index (Phi) is 4.23. The van der Waals surface area contributed by atoms with E-state index in [4.69, 9.17) is 5.26 Å². The van der Waals surface area contributed by atoms with Crippen molar-refractivity contribution in [2.45, 2.75) is 50.9 Å². The van der Waals surface area contributed by atoms with Crippen LogP contribution in [0.3, 0.4) is 0 Å². The second-order valence-corrected chi connectivity index (χ2v) is 4.67. The van der Waals surface area contributed by atoms with Crippen molar-refractivity contribution >= 4 is 0 Å². The number of para-hydroxylation sites is 1. The van der Waals surface area contributed by atoms with Crippen LogP contribution in [-0.4, -0.2) is 5.26 Å². The van der Waals surface area contributed by atoms with Crippen LogP contribution in [0, 0.1) is 0 Å². The van der Waals surface area contributed by atoms with Crippen LogP contribution in [0.5, 0.6) is 5.75 Å². The maximum atomic E-state index is 8.87. The van der Waals surface area contributed by atoms with Gasteiger partial charge in [0.15, 0.2) is 5.75 Å². The SMILES string of the molecule is OOc1ccccc1C1CCCCCCC1. The molecule has 0 unspecified atom stereocenters. The quantitative estimate of drug-likeness (QED) is 0.592. The zero-order chi connectivity index (χ0) is 11.2. The number of rotatable bonds is 2. The van der Waals surface area contributed by atoms with Crippen molar-refractivity contribution in [1.29, 1.82) is 0 Å². The van der Waals surface area contributed by atoms with Crippen molar-refractivity contribution < 1.29 is 10.1 Å². The van der Waals surface area contributed by atoms with Crippen LogP contribution in [0.1, 0.15) is 56.4 Å². The number of benzene rings is 1. The highest BCUT2D eigenvalue weighted by molar-refractivity contribution is 5.35. The first-order chi connectivity index (χ1) is 7.92. The van der Waals surface area contributed by atoms with E-state index < -0.39 is 0 Å². The summed E-state index contributed by atoms with van der Waals surface area (Å²) in [5.74, 6) is 1.19. The standard InChI is InChI=1S/C14H20O2/c15-16-14-11-7-6-10-13(14)12-8-4-2-1-3-5-9-12/h6-7,10-12,15H,1-5,8-9H2. The van der Waals surface area contributed by atoms with Crippen LogP contribution in [0.25, 0.3) is 0 Å². The highest BCUT2D eigenvalue weighted by Gasteiger charge is 2.17. The minimum atomic E-state index is 0.559. The van der Waals surface area contributed by atoms with Gasteiger partial charge in [-0.1, -0.05) is 50.3 Å². The molecule has 0 aliphatic heterocycles. The Morgan fingerprint density at radius 2 is 1.56 bits per heavy atom. The minimum Gasteiger partial charge on any atom is -0.340 e. The summed E-state index contributed by atoms with van der Waals surface area (Å²) in [4.78, 5) is 4.47. The molecular formula is C14H20O2. The Morgan fingerprint density at radius 1 is 0.938 bits per heavy atom. The first-order valence-corrected chi connectivity index (χ1v) is 6.32. The highest BCUT2D eigenvalue weighted by atomic mass is 17.1. The van der Waals surface area contributed by atoms with Crippen molar-refractivity contribution in [1.82, 2.24) is 0 Å². The molecule has 1 aromatic rings. The van der Waals surface area contributed by atoms with Crippen molar-refractivity contribution in [2.24, 2.45) is 0 Å². The largest absolute Gasteiger partial charge is 0.340 e. The molecular weight excluding hydrogens is 200 g/mol. The summed E-state index contributed by atoms with van der Waals surface area (Å²) in [6.45, 7) is 0. The smallest absolute Gasteiger partial charge is 0.168 e. The van der Waals surface area contributed by atoms with E-state index in [9.17, 15) is 0 Å². The first kappa shape index (κ1) is 11.5. The van der Waals surface area contributed by atoms with Crippen molar-refractivity contribution in [3.63, 3.8) is 0 Å². The third kappa shape index (κ3) is 2.76. The van der Waals surface area contributed by atoms with Crippen LogP contribution in [0.4, 0.5) is 0 Å². The maximum Gasteiger partial charge on any atom is 0.168 e. The van der Waals surface area contributed by atoms with Gasteiger partial charge >= 0.3 is 0 Å². The monoisotopic (exact) mass is 220 g/mol. The molecule has 1 aromatic carbocycles. The van der Waals surface area contributed by atoms with E-state index in [2.05, 4.69) is 11.0 Å². The molecule has 1 aliphatic rings. The Hall–Kier alpha value is -1.02. The van der Waals surface area contributed by atoms with Gasteiger partial charge in [0, 0.05) is 5.56 Å². The van der Waals surface area contributed by atoms with Crippen LogP contribution >= 0.6 is 0 Å². The summed E-state index contributed by atoms with van der Waals surface area (Å²) in [5, 5.41) is 8.87. The summed E-state index contributed by atoms with van der Waals surface area (Å²) < 4.78 is 0. The van der Waals surface area contributed by atoms with E-state index in [0.29, 0.717) is 11.7 Å². The van der Waals surface area contributed by atoms with Gasteiger partial charge in [-0.3, -0.25) is 0 Å². The predicted molar refractivity (Wildman–Crippen MR) is 64.8 cm³/mol. The van der Waals surface area contributed by atoms with Gasteiger partial charge < -0.3 is 4.89 Å². The molecule has 0 saturated heterocycles. The van der Waals surface area contributed by atoms with Gasteiger partial charge in [-0.05, 0) is 24.8 Å². The van der Waals surface area contributed by atoms with Gasteiger partial charge in [-0.15, -0.1) is 0 Å². The highest BCUT2D eigenvalue weighted by Crippen LogP contribution is 2.35. The molecule has 0 heterocycles. The topological polar surface area (TPSA) is 29.5 Å². The van der Waals surface area contributed by atoms with Crippen LogP contribution in [-0.2, 0) is 0 Å². The third-order valence-corrected chi connectivity index (χ3v) is 3.56. The first-order valence-electron chi connectivity index (χ1n) is 6.32. The van der Waals surface area contributed by atoms with E-state index in [1.807, 2.05) is 18.2 Å². The maximum absolute atomic E-state index is 8.87. The average molecular weight is 220 g/mol. The molecule has 2 nitrogen and oxygen atoms in total. The summed E-state index contributed by atoms with van der Waals surface area (Å²) in [6, 6.07) is 7.85. The Labute approximate surface area is 97.2 Å². The fourth-order valence-electron chi connectivity index (χ4n) is 2.67. The zero-order valence-corrected chi connectivity index (χ0v) is 9.69. The second kappa shape index (κ2) is 5.90. The normalized spacial score (nSPS) is 18.8. The molecule has 1 N–H and O–H groups in total. The Morgan fingerprint density at radius 3 is 2.25 bits per heavy atom. The van der Waals surface area contributed by atoms with Gasteiger partial charge in [0.1, 0.15) is 0 Å². The Bertz CT molecular complexity index is 314. The summed E-state index contributed by atoms with van der Waals surface area (Å²) in [5.41, 5.74) is 1.17. The molecule has 2 rings (SSSR count). The molecule has 16 heavy (non-hydrogen) atoms. The van der Waals surface area contributed by atoms with E-state index in [-0.39, 0.29) is 0 Å². The number of hydrogen-bond acceptors (Lipinski definition) is 2.